The molecule has 0 bridgehead atoms. The van der Waals surface area contributed by atoms with E-state index in [0.717, 1.165) is 88.3 Å². The summed E-state index contributed by atoms with van der Waals surface area (Å²) in [4.78, 5) is 0. The summed E-state index contributed by atoms with van der Waals surface area (Å²) in [6.45, 7) is 34.7. The monoisotopic (exact) mass is 570 g/mol. The molecule has 222 valence electrons. The third-order valence-electron chi connectivity index (χ3n) is 7.66. The number of allylic oxidation sites excluding steroid dienone is 7. The van der Waals surface area contributed by atoms with Crippen molar-refractivity contribution in [2.24, 2.45) is 0 Å². The second kappa shape index (κ2) is 17.1. The van der Waals surface area contributed by atoms with Gasteiger partial charge in [-0.15, -0.1) is 0 Å². The number of hydrogen-bond acceptors (Lipinski definition) is 2. The predicted molar refractivity (Wildman–Crippen MR) is 189 cm³/mol. The highest BCUT2D eigenvalue weighted by atomic mass is 32.2. The van der Waals surface area contributed by atoms with E-state index in [9.17, 15) is 0 Å². The van der Waals surface area contributed by atoms with E-state index >= 15 is 0 Å². The summed E-state index contributed by atoms with van der Waals surface area (Å²) in [6, 6.07) is 8.69. The van der Waals surface area contributed by atoms with Crippen molar-refractivity contribution in [3.63, 3.8) is 0 Å². The average molecular weight is 571 g/mol. The Morgan fingerprint density at radius 2 is 1.37 bits per heavy atom. The van der Waals surface area contributed by atoms with E-state index in [-0.39, 0.29) is 12.1 Å². The zero-order valence-corrected chi connectivity index (χ0v) is 27.6. The Kier molecular flexibility index (Phi) is 14.3. The number of rotatable bonds is 18. The van der Waals surface area contributed by atoms with Gasteiger partial charge in [-0.3, -0.25) is 0 Å². The molecule has 0 spiro atoms. The van der Waals surface area contributed by atoms with E-state index in [1.54, 1.807) is 0 Å². The molecule has 0 aliphatic heterocycles. The first-order valence-electron chi connectivity index (χ1n) is 15.0. The zero-order valence-electron chi connectivity index (χ0n) is 26.7. The lowest BCUT2D eigenvalue weighted by molar-refractivity contribution is 0.504. The maximum atomic E-state index is 4.39. The van der Waals surface area contributed by atoms with Crippen LogP contribution in [0, 0.1) is 0 Å². The van der Waals surface area contributed by atoms with Crippen molar-refractivity contribution in [3.8, 4) is 0 Å². The summed E-state index contributed by atoms with van der Waals surface area (Å²) < 4.78 is 2.25. The Labute approximate surface area is 255 Å². The van der Waals surface area contributed by atoms with Gasteiger partial charge < -0.3 is 9.88 Å². The van der Waals surface area contributed by atoms with Crippen molar-refractivity contribution in [2.45, 2.75) is 92.2 Å². The number of hydrogen-bond donors (Lipinski definition) is 1. The van der Waals surface area contributed by atoms with Gasteiger partial charge in [0.2, 0.25) is 0 Å². The molecular weight excluding hydrogens is 516 g/mol. The summed E-state index contributed by atoms with van der Waals surface area (Å²) in [5.74, 6) is 1.99. The Balaban J connectivity index is 1.86. The Morgan fingerprint density at radius 3 is 1.90 bits per heavy atom. The first-order valence-corrected chi connectivity index (χ1v) is 16.1. The summed E-state index contributed by atoms with van der Waals surface area (Å²) in [6.07, 6.45) is 13.4. The summed E-state index contributed by atoms with van der Waals surface area (Å²) in [5.41, 5.74) is 7.65. The van der Waals surface area contributed by atoms with E-state index in [2.05, 4.69) is 127 Å². The van der Waals surface area contributed by atoms with Crippen LogP contribution in [-0.4, -0.2) is 22.1 Å². The van der Waals surface area contributed by atoms with Crippen molar-refractivity contribution < 1.29 is 0 Å². The largest absolute Gasteiger partial charge is 0.382 e. The van der Waals surface area contributed by atoms with Crippen molar-refractivity contribution in [2.75, 3.05) is 11.5 Å². The van der Waals surface area contributed by atoms with E-state index < -0.39 is 0 Å². The summed E-state index contributed by atoms with van der Waals surface area (Å²) >= 11 is 1.95. The van der Waals surface area contributed by atoms with Crippen LogP contribution < -0.4 is 16.0 Å². The fourth-order valence-corrected chi connectivity index (χ4v) is 6.19. The van der Waals surface area contributed by atoms with Crippen LogP contribution in [0.4, 0.5) is 0 Å². The molecule has 0 saturated carbocycles. The maximum absolute atomic E-state index is 4.39. The molecule has 1 aromatic carbocycles. The van der Waals surface area contributed by atoms with Crippen LogP contribution >= 0.6 is 11.8 Å². The molecule has 2 nitrogen and oxygen atoms in total. The fourth-order valence-electron chi connectivity index (χ4n) is 5.04. The van der Waals surface area contributed by atoms with Crippen molar-refractivity contribution >= 4 is 35.7 Å². The Bertz CT molecular complexity index is 1350. The zero-order chi connectivity index (χ0) is 30.5. The maximum Gasteiger partial charge on any atom is 0.0555 e. The van der Waals surface area contributed by atoms with Gasteiger partial charge in [-0.25, -0.2) is 0 Å². The van der Waals surface area contributed by atoms with Gasteiger partial charge in [0.25, 0.3) is 0 Å². The van der Waals surface area contributed by atoms with Crippen LogP contribution in [-0.2, 0) is 0 Å². The minimum absolute atomic E-state index is 0.128. The number of thioether (sulfide) groups is 1. The van der Waals surface area contributed by atoms with Crippen molar-refractivity contribution in [1.29, 1.82) is 0 Å². The van der Waals surface area contributed by atoms with Gasteiger partial charge in [0, 0.05) is 38.7 Å². The smallest absolute Gasteiger partial charge is 0.0555 e. The molecule has 2 aromatic rings. The minimum Gasteiger partial charge on any atom is -0.382 e. The van der Waals surface area contributed by atoms with Gasteiger partial charge >= 0.3 is 0 Å². The normalized spacial score (nSPS) is 13.6. The van der Waals surface area contributed by atoms with Gasteiger partial charge in [0.05, 0.1) is 12.1 Å². The molecule has 0 amide bonds. The standard InChI is InChI=1S/C38H54N2S/c1-27(2)16-14-17-30(7)18-15-19-31(8)24-25-41-26-37(28(3)4)39-32(9)22-23-38(29(5)6)40-33(10)35-20-12-13-21-36(35)34(40)11/h12-13,16,18,20-21,24,37-39H,3,5,9-11,14-15,17,19,22-23,25-26H2,1-2,4,6-8H3/b30-18+,31-24+/t37-,38?/m0/s1. The first kappa shape index (κ1) is 34.3. The van der Waals surface area contributed by atoms with E-state index in [4.69, 9.17) is 0 Å². The van der Waals surface area contributed by atoms with Crippen LogP contribution in [0.25, 0.3) is 23.9 Å². The Hall–Kier alpha value is -2.91. The average Bonchev–Trinajstić information content (AvgIpc) is 3.15. The van der Waals surface area contributed by atoms with Gasteiger partial charge in [-0.2, -0.15) is 11.8 Å². The molecule has 0 fully saturated rings. The number of aromatic nitrogens is 1. The molecule has 2 atom stereocenters. The van der Waals surface area contributed by atoms with Gasteiger partial charge in [0.15, 0.2) is 0 Å². The summed E-state index contributed by atoms with van der Waals surface area (Å²) in [5, 5.41) is 7.98. The van der Waals surface area contributed by atoms with Crippen molar-refractivity contribution in [3.05, 3.63) is 106 Å². The Morgan fingerprint density at radius 1 is 0.805 bits per heavy atom. The molecule has 1 heterocycles. The van der Waals surface area contributed by atoms with Crippen molar-refractivity contribution in [1.82, 2.24) is 9.88 Å². The molecule has 0 aliphatic carbocycles. The molecule has 1 unspecified atom stereocenters. The third-order valence-corrected chi connectivity index (χ3v) is 8.63. The molecule has 2 rings (SSSR count). The fraction of sp³-hybridized carbons (Fsp3) is 0.421. The van der Waals surface area contributed by atoms with Gasteiger partial charge in [-0.05, 0) is 80.1 Å². The number of nitrogens with zero attached hydrogens (tertiary/aromatic N) is 1. The van der Waals surface area contributed by atoms with Crippen LogP contribution in [0.2, 0.25) is 0 Å². The molecular formula is C38H54N2S. The lowest BCUT2D eigenvalue weighted by Crippen LogP contribution is -2.33. The lowest BCUT2D eigenvalue weighted by atomic mass is 10.0. The number of nitrogens with one attached hydrogen (secondary N) is 1. The molecule has 41 heavy (non-hydrogen) atoms. The highest BCUT2D eigenvalue weighted by Gasteiger charge is 2.17. The van der Waals surface area contributed by atoms with Crippen LogP contribution in [0.1, 0.15) is 86.1 Å². The first-order chi connectivity index (χ1) is 19.4. The van der Waals surface area contributed by atoms with E-state index in [1.165, 1.54) is 16.7 Å². The number of fused-ring (bicyclic) bond motifs is 1. The third kappa shape index (κ3) is 11.1. The summed E-state index contributed by atoms with van der Waals surface area (Å²) in [7, 11) is 0. The van der Waals surface area contributed by atoms with Crippen LogP contribution in [0.15, 0.2) is 95.8 Å². The lowest BCUT2D eigenvalue weighted by Gasteiger charge is -2.24. The van der Waals surface area contributed by atoms with Crippen LogP contribution in [0.5, 0.6) is 0 Å². The van der Waals surface area contributed by atoms with Gasteiger partial charge in [0.1, 0.15) is 0 Å². The number of benzene rings is 1. The molecule has 1 aromatic heterocycles. The minimum atomic E-state index is 0.128. The second-order valence-electron chi connectivity index (χ2n) is 11.9. The molecule has 0 saturated heterocycles. The molecule has 0 aliphatic rings. The SMILES string of the molecule is C=C(CCC(C(=C)C)n1c(=C)c2ccccc2c1=C)N[C@@H](CSC/C=C(\C)CC/C=C(\C)CCC=C(C)C)C(=C)C. The predicted octanol–water partition coefficient (Wildman–Crippen LogP) is 9.56. The molecule has 1 N–H and O–H groups in total. The molecule has 0 radical (unpaired) electrons. The van der Waals surface area contributed by atoms with Crippen LogP contribution in [0.3, 0.4) is 0 Å². The van der Waals surface area contributed by atoms with E-state index in [1.807, 2.05) is 11.8 Å². The highest BCUT2D eigenvalue weighted by molar-refractivity contribution is 7.99. The van der Waals surface area contributed by atoms with E-state index in [0.29, 0.717) is 0 Å². The quantitative estimate of drug-likeness (QED) is 0.142. The van der Waals surface area contributed by atoms with Gasteiger partial charge in [-0.1, -0.05) is 103 Å². The second-order valence-corrected chi connectivity index (χ2v) is 12.9. The highest BCUT2D eigenvalue weighted by Crippen LogP contribution is 2.23. The molecule has 3 heteroatoms. The topological polar surface area (TPSA) is 17.0 Å².